The van der Waals surface area contributed by atoms with Crippen molar-refractivity contribution in [2.75, 3.05) is 0 Å². The smallest absolute Gasteiger partial charge is 0.0737 e. The highest BCUT2D eigenvalue weighted by Gasteiger charge is 2.23. The van der Waals surface area contributed by atoms with Crippen LogP contribution >= 0.6 is 0 Å². The predicted molar refractivity (Wildman–Crippen MR) is 359 cm³/mol. The van der Waals surface area contributed by atoms with Crippen LogP contribution in [0.1, 0.15) is 198 Å². The number of hydrogen-bond acceptors (Lipinski definition) is 4. The number of aromatic amines is 4. The fraction of sp³-hybridized carbons (Fsp3) is 0.316. The van der Waals surface area contributed by atoms with Crippen LogP contribution in [0.2, 0.25) is 0 Å². The Balaban J connectivity index is 1.19. The average Bonchev–Trinajstić information content (AvgIpc) is 3.08. The van der Waals surface area contributed by atoms with E-state index in [-0.39, 0.29) is 0 Å². The van der Waals surface area contributed by atoms with Gasteiger partial charge in [-0.15, -0.1) is 0 Å². The van der Waals surface area contributed by atoms with Gasteiger partial charge in [-0.05, 0) is 160 Å². The molecular weight excluding hydrogens is 1020 g/mol. The van der Waals surface area contributed by atoms with Gasteiger partial charge in [0.1, 0.15) is 0 Å². The number of aromatic nitrogens is 8. The third kappa shape index (κ3) is 12.2. The van der Waals surface area contributed by atoms with E-state index >= 15 is 0 Å². The van der Waals surface area contributed by atoms with Gasteiger partial charge < -0.3 is 19.9 Å². The Morgan fingerprint density at radius 1 is 0.298 bits per heavy atom. The Morgan fingerprint density at radius 2 is 0.655 bits per heavy atom. The quantitative estimate of drug-likeness (QED) is 0.0478. The Hall–Kier alpha value is -8.36. The minimum absolute atomic E-state index is 0.850. The van der Waals surface area contributed by atoms with E-state index in [0.717, 1.165) is 200 Å². The maximum atomic E-state index is 5.81. The molecule has 0 amide bonds. The van der Waals surface area contributed by atoms with Crippen LogP contribution in [-0.4, -0.2) is 39.9 Å². The summed E-state index contributed by atoms with van der Waals surface area (Å²) in [6.07, 6.45) is 40.0. The molecule has 0 saturated carbocycles. The monoisotopic (exact) mass is 1110 g/mol. The van der Waals surface area contributed by atoms with Crippen LogP contribution in [0.25, 0.3) is 126 Å². The van der Waals surface area contributed by atoms with Crippen molar-refractivity contribution in [1.82, 2.24) is 39.9 Å². The molecule has 4 aliphatic heterocycles. The number of fused-ring (bicyclic) bond motifs is 16. The lowest BCUT2D eigenvalue weighted by molar-refractivity contribution is 0.667. The van der Waals surface area contributed by atoms with Crippen LogP contribution < -0.4 is 0 Å². The van der Waals surface area contributed by atoms with Gasteiger partial charge in [0.2, 0.25) is 0 Å². The normalized spacial score (nSPS) is 12.6. The van der Waals surface area contributed by atoms with Gasteiger partial charge >= 0.3 is 0 Å². The van der Waals surface area contributed by atoms with Gasteiger partial charge in [-0.1, -0.05) is 165 Å². The molecule has 10 heterocycles. The maximum absolute atomic E-state index is 5.81. The third-order valence-corrected chi connectivity index (χ3v) is 17.4. The van der Waals surface area contributed by atoms with Crippen molar-refractivity contribution in [2.24, 2.45) is 0 Å². The summed E-state index contributed by atoms with van der Waals surface area (Å²) in [6, 6.07) is 39.8. The van der Waals surface area contributed by atoms with Gasteiger partial charge in [0.15, 0.2) is 0 Å². The van der Waals surface area contributed by atoms with Gasteiger partial charge in [-0.25, -0.2) is 19.9 Å². The molecule has 0 spiro atoms. The molecule has 12 rings (SSSR count). The zero-order valence-corrected chi connectivity index (χ0v) is 49.9. The second-order valence-electron chi connectivity index (χ2n) is 23.4. The first kappa shape index (κ1) is 56.1. The van der Waals surface area contributed by atoms with Crippen molar-refractivity contribution >= 4 is 92.7 Å². The van der Waals surface area contributed by atoms with Crippen LogP contribution in [0.5, 0.6) is 0 Å². The van der Waals surface area contributed by atoms with Crippen molar-refractivity contribution in [3.05, 3.63) is 177 Å². The summed E-state index contributed by atoms with van der Waals surface area (Å²) in [4.78, 5) is 38.7. The van der Waals surface area contributed by atoms with Gasteiger partial charge in [0.05, 0.1) is 51.1 Å². The van der Waals surface area contributed by atoms with Gasteiger partial charge in [-0.2, -0.15) is 0 Å². The molecule has 4 aliphatic rings. The van der Waals surface area contributed by atoms with Crippen molar-refractivity contribution < 1.29 is 0 Å². The summed E-state index contributed by atoms with van der Waals surface area (Å²) in [5, 5.41) is 0. The van der Waals surface area contributed by atoms with Gasteiger partial charge in [0.25, 0.3) is 0 Å². The second-order valence-corrected chi connectivity index (χ2v) is 23.4. The van der Waals surface area contributed by atoms with Gasteiger partial charge in [0, 0.05) is 83.1 Å². The number of nitrogens with zero attached hydrogens (tertiary/aromatic N) is 4. The number of unbranched alkanes of at least 4 members (excludes halogenated alkanes) is 12. The van der Waals surface area contributed by atoms with Crippen LogP contribution in [0, 0.1) is 0 Å². The van der Waals surface area contributed by atoms with Crippen LogP contribution in [0.15, 0.2) is 109 Å². The van der Waals surface area contributed by atoms with Gasteiger partial charge in [-0.3, -0.25) is 0 Å². The highest BCUT2D eigenvalue weighted by atomic mass is 14.8. The number of hydrogen-bond donors (Lipinski definition) is 4. The van der Waals surface area contributed by atoms with E-state index in [0.29, 0.717) is 0 Å². The summed E-state index contributed by atoms with van der Waals surface area (Å²) in [7, 11) is 0. The molecule has 0 aliphatic carbocycles. The average molecular weight is 1110 g/mol. The number of aryl methyl sites for hydroxylation is 4. The fourth-order valence-corrected chi connectivity index (χ4v) is 12.9. The molecule has 0 atom stereocenters. The van der Waals surface area contributed by atoms with E-state index in [9.17, 15) is 0 Å². The molecule has 8 aromatic rings. The summed E-state index contributed by atoms with van der Waals surface area (Å²) < 4.78 is 0. The zero-order valence-electron chi connectivity index (χ0n) is 49.9. The first-order valence-corrected chi connectivity index (χ1v) is 31.9. The lowest BCUT2D eigenvalue weighted by Gasteiger charge is -2.09. The molecular formula is C76H82N8. The molecule has 4 N–H and O–H groups in total. The van der Waals surface area contributed by atoms with Crippen LogP contribution in [0.3, 0.4) is 0 Å². The molecule has 8 nitrogen and oxygen atoms in total. The molecule has 6 aromatic heterocycles. The van der Waals surface area contributed by atoms with E-state index in [2.05, 4.69) is 205 Å². The van der Waals surface area contributed by atoms with E-state index in [1.807, 2.05) is 0 Å². The lowest BCUT2D eigenvalue weighted by Crippen LogP contribution is -1.95. The fourth-order valence-electron chi connectivity index (χ4n) is 12.9. The Labute approximate surface area is 496 Å². The Bertz CT molecular complexity index is 4130. The minimum atomic E-state index is 0.850. The summed E-state index contributed by atoms with van der Waals surface area (Å²) >= 11 is 0. The molecule has 0 radical (unpaired) electrons. The number of rotatable bonds is 23. The third-order valence-electron chi connectivity index (χ3n) is 17.4. The molecule has 0 unspecified atom stereocenters. The molecule has 0 saturated heterocycles. The molecule has 8 heteroatoms. The second kappa shape index (κ2) is 26.5. The molecule has 84 heavy (non-hydrogen) atoms. The topological polar surface area (TPSA) is 115 Å². The lowest BCUT2D eigenvalue weighted by atomic mass is 9.98. The van der Waals surface area contributed by atoms with Crippen LogP contribution in [-0.2, 0) is 25.7 Å². The van der Waals surface area contributed by atoms with Crippen LogP contribution in [0.4, 0.5) is 0 Å². The highest BCUT2D eigenvalue weighted by molar-refractivity contribution is 6.01. The van der Waals surface area contributed by atoms with Crippen molar-refractivity contribution in [2.45, 2.75) is 156 Å². The first-order chi connectivity index (χ1) is 41.5. The number of H-pyrrole nitrogens is 4. The Kier molecular flexibility index (Phi) is 17.7. The van der Waals surface area contributed by atoms with E-state index in [4.69, 9.17) is 19.9 Å². The molecule has 426 valence electrons. The summed E-state index contributed by atoms with van der Waals surface area (Å²) in [5.74, 6) is 0. The minimum Gasteiger partial charge on any atom is -0.355 e. The van der Waals surface area contributed by atoms with E-state index < -0.39 is 0 Å². The van der Waals surface area contributed by atoms with Crippen molar-refractivity contribution in [1.29, 1.82) is 0 Å². The largest absolute Gasteiger partial charge is 0.355 e. The maximum Gasteiger partial charge on any atom is 0.0737 e. The van der Waals surface area contributed by atoms with Crippen molar-refractivity contribution in [3.8, 4) is 33.4 Å². The molecule has 2 aromatic carbocycles. The standard InChI is InChI=1S/C76H82N8/c1-5-9-13-23-31-55-60-36-35-53(77-60)49-54-50-59(76(78-54)58(34-26-16-12-8-4)66-42-46-70(84-66)74(52-29-21-18-22-30-52)69-43-37-61(55)79-69)75-71-47-40-64(82-71)56(32-24-14-10-6-2)62-38-44-67(80-62)73(51-27-19-17-20-28-51)68-45-39-63(81-68)57(33-25-15-11-7-3)65-41-48-72(75)83-65/h17-22,27-30,35-50,78-80,83H,5-16,23-26,31-34H2,1-4H3. The number of nitrogens with one attached hydrogen (secondary N) is 4. The Morgan fingerprint density at radius 3 is 1.10 bits per heavy atom. The first-order valence-electron chi connectivity index (χ1n) is 31.9. The van der Waals surface area contributed by atoms with Crippen molar-refractivity contribution in [3.63, 3.8) is 0 Å². The van der Waals surface area contributed by atoms with E-state index in [1.54, 1.807) is 0 Å². The molecule has 0 fully saturated rings. The zero-order chi connectivity index (χ0) is 57.2. The number of benzene rings is 2. The van der Waals surface area contributed by atoms with E-state index in [1.165, 1.54) is 73.6 Å². The SMILES string of the molecule is CCCCCCc1c2nc(c(-c3cc4cc5nc(c(CCCCCC)c6ccc([nH]6)c(-c6ccccc6)c6nc(c(CCCCCC)c3[nH]4)C=C6)C=C5)c3ccc([nH]3)c(CCCCCC)c3nc(c(-c4ccccc4)c4ccc1[nH]4)C=C3)C=C2. The summed E-state index contributed by atoms with van der Waals surface area (Å²) in [5.41, 5.74) is 27.7. The summed E-state index contributed by atoms with van der Waals surface area (Å²) in [6.45, 7) is 9.15. The predicted octanol–water partition coefficient (Wildman–Crippen LogP) is 21.1. The molecule has 16 bridgehead atoms. The highest BCUT2D eigenvalue weighted by Crippen LogP contribution is 2.40.